The quantitative estimate of drug-likeness (QED) is 0.0209. The molecule has 6 rings (SSSR count). The fourth-order valence-corrected chi connectivity index (χ4v) is 8.30. The number of nitrogens with two attached hydrogens (primary N) is 2. The number of hydrogen-bond acceptors (Lipinski definition) is 13. The maximum atomic E-state index is 11.7. The standard InChI is InChI=1S/C29H45N5O3.C25H37N5O3.2CH4/c1-6-7-12-24-32-26-22-14-13-21(20-23(22)31-28(30)27(26)33-24)11-9-8-10-16-34(5)17-19-36-18-15-25(35)37-29(2,3)4;1-3-4-9-21-28-23-19-11-10-18(17-20(19)27-25(26)24(23)29-21)8-6-5-7-13-30(2)14-16-33-15-12-22(31)32;;/h13-14,20H,6-12,15-19H2,1-5H3,(H2,30,31)(H,32,33);10-11,17H,3-9,12-16H2,1-2H3,(H2,26,27)(H,28,29)(H,31,32);2*1H4. The van der Waals surface area contributed by atoms with Gasteiger partial charge in [0, 0.05) is 36.7 Å². The van der Waals surface area contributed by atoms with Gasteiger partial charge in [-0.2, -0.15) is 0 Å². The van der Waals surface area contributed by atoms with Crippen molar-refractivity contribution in [1.29, 1.82) is 0 Å². The number of likely N-dealkylation sites (N-methyl/N-ethyl adjacent to an activating group) is 2. The highest BCUT2D eigenvalue weighted by molar-refractivity contribution is 6.07. The van der Waals surface area contributed by atoms with E-state index in [1.54, 1.807) is 0 Å². The number of aromatic amines is 2. The van der Waals surface area contributed by atoms with Crippen LogP contribution in [0.4, 0.5) is 11.6 Å². The van der Waals surface area contributed by atoms with E-state index >= 15 is 0 Å². The molecule has 16 nitrogen and oxygen atoms in total. The molecule has 72 heavy (non-hydrogen) atoms. The Kier molecular flexibility index (Phi) is 26.4. The summed E-state index contributed by atoms with van der Waals surface area (Å²) >= 11 is 0. The number of esters is 1. The molecule has 0 bridgehead atoms. The second-order valence-electron chi connectivity index (χ2n) is 19.7. The predicted molar refractivity (Wildman–Crippen MR) is 297 cm³/mol. The number of hydrogen-bond donors (Lipinski definition) is 5. The molecule has 0 spiro atoms. The number of carboxylic acid groups (broad SMARTS) is 1. The number of benzene rings is 2. The minimum absolute atomic E-state index is 0. The van der Waals surface area contributed by atoms with Crippen LogP contribution in [0.3, 0.4) is 0 Å². The van der Waals surface area contributed by atoms with Gasteiger partial charge in [0.2, 0.25) is 0 Å². The van der Waals surface area contributed by atoms with Crippen LogP contribution in [0.5, 0.6) is 0 Å². The first-order chi connectivity index (χ1) is 33.6. The molecule has 0 aliphatic heterocycles. The number of anilines is 2. The molecule has 0 saturated heterocycles. The van der Waals surface area contributed by atoms with Crippen molar-refractivity contribution in [2.45, 2.75) is 158 Å². The van der Waals surface area contributed by atoms with Crippen LogP contribution in [-0.4, -0.2) is 129 Å². The van der Waals surface area contributed by atoms with Crippen LogP contribution >= 0.6 is 0 Å². The van der Waals surface area contributed by atoms with E-state index in [-0.39, 0.29) is 33.9 Å². The molecule has 4 heterocycles. The number of carbonyl (C=O) groups excluding carboxylic acids is 1. The number of rotatable bonds is 30. The van der Waals surface area contributed by atoms with Crippen LogP contribution in [0.25, 0.3) is 43.9 Å². The Labute approximate surface area is 429 Å². The van der Waals surface area contributed by atoms with Crippen LogP contribution < -0.4 is 11.5 Å². The van der Waals surface area contributed by atoms with Crippen LogP contribution in [-0.2, 0) is 49.5 Å². The van der Waals surface area contributed by atoms with Crippen LogP contribution in [0, 0.1) is 0 Å². The zero-order chi connectivity index (χ0) is 50.5. The fraction of sp³-hybridized carbons (Fsp3) is 0.607. The number of nitrogens with one attached hydrogen (secondary N) is 2. The second-order valence-corrected chi connectivity index (χ2v) is 19.7. The number of carbonyl (C=O) groups is 2. The Balaban J connectivity index is 0.000000372. The molecule has 16 heteroatoms. The van der Waals surface area contributed by atoms with Crippen molar-refractivity contribution in [2.24, 2.45) is 0 Å². The van der Waals surface area contributed by atoms with Gasteiger partial charge in [-0.05, 0) is 123 Å². The fourth-order valence-electron chi connectivity index (χ4n) is 8.30. The van der Waals surface area contributed by atoms with Crippen molar-refractivity contribution in [3.05, 3.63) is 59.2 Å². The topological polar surface area (TPSA) is 224 Å². The van der Waals surface area contributed by atoms with Crippen molar-refractivity contribution >= 4 is 67.4 Å². The van der Waals surface area contributed by atoms with E-state index in [0.717, 1.165) is 172 Å². The lowest BCUT2D eigenvalue weighted by Crippen LogP contribution is -2.26. The number of pyridine rings is 2. The maximum absolute atomic E-state index is 11.7. The molecule has 0 unspecified atom stereocenters. The molecule has 0 saturated carbocycles. The number of imidazole rings is 2. The lowest BCUT2D eigenvalue weighted by atomic mass is 10.0. The molecular weight excluding hydrogens is 909 g/mol. The third kappa shape index (κ3) is 20.2. The van der Waals surface area contributed by atoms with E-state index in [4.69, 9.17) is 40.8 Å². The molecule has 7 N–H and O–H groups in total. The summed E-state index contributed by atoms with van der Waals surface area (Å²) in [6.07, 6.45) is 15.6. The number of H-pyrrole nitrogens is 2. The van der Waals surface area contributed by atoms with Gasteiger partial charge >= 0.3 is 11.9 Å². The predicted octanol–water partition coefficient (Wildman–Crippen LogP) is 10.9. The van der Waals surface area contributed by atoms with Crippen molar-refractivity contribution < 1.29 is 28.9 Å². The summed E-state index contributed by atoms with van der Waals surface area (Å²) in [4.78, 5) is 52.3. The Morgan fingerprint density at radius 1 is 0.597 bits per heavy atom. The number of carboxylic acids is 1. The first-order valence-corrected chi connectivity index (χ1v) is 25.7. The number of ether oxygens (including phenoxy) is 3. The van der Waals surface area contributed by atoms with E-state index in [1.165, 1.54) is 11.1 Å². The van der Waals surface area contributed by atoms with Crippen molar-refractivity contribution in [2.75, 3.05) is 78.2 Å². The highest BCUT2D eigenvalue weighted by atomic mass is 16.6. The number of fused-ring (bicyclic) bond motifs is 6. The van der Waals surface area contributed by atoms with Crippen LogP contribution in [0.2, 0.25) is 0 Å². The number of aliphatic carboxylic acids is 1. The minimum atomic E-state index is -0.819. The van der Waals surface area contributed by atoms with Gasteiger partial charge in [0.15, 0.2) is 0 Å². The summed E-state index contributed by atoms with van der Waals surface area (Å²) in [5, 5.41) is 10.7. The number of aromatic nitrogens is 6. The van der Waals surface area contributed by atoms with E-state index in [0.29, 0.717) is 37.9 Å². The zero-order valence-electron chi connectivity index (χ0n) is 43.3. The zero-order valence-corrected chi connectivity index (χ0v) is 43.3. The second kappa shape index (κ2) is 31.2. The summed E-state index contributed by atoms with van der Waals surface area (Å²) in [5.41, 5.74) is 20.0. The van der Waals surface area contributed by atoms with Gasteiger partial charge in [-0.1, -0.05) is 78.6 Å². The molecule has 0 fully saturated rings. The first-order valence-electron chi connectivity index (χ1n) is 25.7. The van der Waals surface area contributed by atoms with Crippen LogP contribution in [0.15, 0.2) is 36.4 Å². The Hall–Kier alpha value is -5.42. The lowest BCUT2D eigenvalue weighted by molar-refractivity contribution is -0.156. The largest absolute Gasteiger partial charge is 0.481 e. The Morgan fingerprint density at radius 2 is 1.04 bits per heavy atom. The van der Waals surface area contributed by atoms with E-state index in [9.17, 15) is 9.59 Å². The van der Waals surface area contributed by atoms with Gasteiger partial charge in [-0.3, -0.25) is 9.59 Å². The molecule has 0 atom stereocenters. The summed E-state index contributed by atoms with van der Waals surface area (Å²) in [6.45, 7) is 15.6. The molecule has 6 aromatic rings. The van der Waals surface area contributed by atoms with Gasteiger partial charge in [0.05, 0.1) is 50.3 Å². The molecule has 0 radical (unpaired) electrons. The average molecular weight is 999 g/mol. The molecular formula is C56H90N10O6. The summed E-state index contributed by atoms with van der Waals surface area (Å²) in [7, 11) is 4.18. The number of nitrogens with zero attached hydrogens (tertiary/aromatic N) is 6. The Morgan fingerprint density at radius 3 is 1.46 bits per heavy atom. The summed E-state index contributed by atoms with van der Waals surface area (Å²) < 4.78 is 16.2. The van der Waals surface area contributed by atoms with Gasteiger partial charge in [0.1, 0.15) is 51.0 Å². The first kappa shape index (κ1) is 60.9. The van der Waals surface area contributed by atoms with Crippen molar-refractivity contribution in [3.63, 3.8) is 0 Å². The van der Waals surface area contributed by atoms with Crippen LogP contribution in [0.1, 0.15) is 149 Å². The van der Waals surface area contributed by atoms with E-state index < -0.39 is 11.6 Å². The minimum Gasteiger partial charge on any atom is -0.481 e. The molecule has 0 amide bonds. The molecule has 2 aromatic carbocycles. The number of unbranched alkanes of at least 4 members (excludes halogenated alkanes) is 6. The Bertz CT molecular complexity index is 2550. The number of aryl methyl sites for hydroxylation is 4. The van der Waals surface area contributed by atoms with E-state index in [1.807, 2.05) is 20.8 Å². The lowest BCUT2D eigenvalue weighted by Gasteiger charge is -2.19. The highest BCUT2D eigenvalue weighted by Gasteiger charge is 2.17. The molecule has 0 aliphatic carbocycles. The monoisotopic (exact) mass is 999 g/mol. The van der Waals surface area contributed by atoms with Crippen molar-refractivity contribution in [1.82, 2.24) is 39.7 Å². The smallest absolute Gasteiger partial charge is 0.308 e. The molecule has 0 aliphatic rings. The third-order valence-electron chi connectivity index (χ3n) is 12.2. The SMILES string of the molecule is C.C.CCCCc1nc2c([nH]1)c(N)nc1cc(CCCCCN(C)CCOCCC(=O)O)ccc12.CCCCc1nc2c([nH]1)c(N)nc1cc(CCCCCN(C)CCOCCC(=O)OC(C)(C)C)ccc12. The summed E-state index contributed by atoms with van der Waals surface area (Å²) in [6, 6.07) is 12.9. The maximum Gasteiger partial charge on any atom is 0.308 e. The molecule has 4 aromatic heterocycles. The van der Waals surface area contributed by atoms with Gasteiger partial charge in [-0.15, -0.1) is 0 Å². The van der Waals surface area contributed by atoms with Crippen molar-refractivity contribution in [3.8, 4) is 0 Å². The van der Waals surface area contributed by atoms with Gasteiger partial charge in [0.25, 0.3) is 0 Å². The normalized spacial score (nSPS) is 11.6. The van der Waals surface area contributed by atoms with Gasteiger partial charge in [-0.25, -0.2) is 19.9 Å². The number of nitrogen functional groups attached to an aromatic ring is 2. The molecule has 400 valence electrons. The van der Waals surface area contributed by atoms with E-state index in [2.05, 4.69) is 94.1 Å². The summed E-state index contributed by atoms with van der Waals surface area (Å²) in [5.74, 6) is 1.97. The van der Waals surface area contributed by atoms with Gasteiger partial charge < -0.3 is 50.6 Å². The highest BCUT2D eigenvalue weighted by Crippen LogP contribution is 2.29. The average Bonchev–Trinajstić information content (AvgIpc) is 3.95. The third-order valence-corrected chi connectivity index (χ3v) is 12.2.